The molecule has 0 radical (unpaired) electrons. The Morgan fingerprint density at radius 3 is 2.28 bits per heavy atom. The van der Waals surface area contributed by atoms with Crippen molar-refractivity contribution in [2.75, 3.05) is 19.7 Å². The molecule has 0 atom stereocenters. The summed E-state index contributed by atoms with van der Waals surface area (Å²) in [6.07, 6.45) is 0. The third-order valence-electron chi connectivity index (χ3n) is 3.19. The average molecular weight is 348 g/mol. The number of hydrogen-bond donors (Lipinski definition) is 3. The molecule has 0 aromatic heterocycles. The fraction of sp³-hybridized carbons (Fsp3) is 0.579. The van der Waals surface area contributed by atoms with Gasteiger partial charge >= 0.3 is 0 Å². The fourth-order valence-corrected chi connectivity index (χ4v) is 2.10. The van der Waals surface area contributed by atoms with Crippen LogP contribution in [0, 0.1) is 0 Å². The number of carbonyl (C=O) groups is 1. The molecule has 0 heterocycles. The van der Waals surface area contributed by atoms with E-state index in [0.717, 1.165) is 17.7 Å². The number of aliphatic imine (C=N–C) groups is 1. The number of rotatable bonds is 8. The van der Waals surface area contributed by atoms with Crippen molar-refractivity contribution in [3.8, 4) is 0 Å². The van der Waals surface area contributed by atoms with Crippen LogP contribution in [0.3, 0.4) is 0 Å². The molecule has 0 saturated carbocycles. The summed E-state index contributed by atoms with van der Waals surface area (Å²) in [7, 11) is 0. The summed E-state index contributed by atoms with van der Waals surface area (Å²) in [5, 5.41) is 9.13. The molecule has 6 nitrogen and oxygen atoms in total. The molecule has 0 bridgehead atoms. The van der Waals surface area contributed by atoms with Crippen LogP contribution < -0.4 is 16.0 Å². The Morgan fingerprint density at radius 2 is 1.72 bits per heavy atom. The zero-order valence-electron chi connectivity index (χ0n) is 16.1. The zero-order valence-corrected chi connectivity index (χ0v) is 16.1. The monoisotopic (exact) mass is 348 g/mol. The third-order valence-corrected chi connectivity index (χ3v) is 3.19. The minimum Gasteiger partial charge on any atom is -0.377 e. The van der Waals surface area contributed by atoms with E-state index >= 15 is 0 Å². The highest BCUT2D eigenvalue weighted by molar-refractivity contribution is 5.86. The average Bonchev–Trinajstić information content (AvgIpc) is 2.55. The van der Waals surface area contributed by atoms with Crippen molar-refractivity contribution >= 4 is 11.9 Å². The van der Waals surface area contributed by atoms with E-state index in [1.54, 1.807) is 0 Å². The van der Waals surface area contributed by atoms with Gasteiger partial charge in [0, 0.05) is 18.7 Å². The van der Waals surface area contributed by atoms with Crippen LogP contribution in [0.1, 0.15) is 45.7 Å². The van der Waals surface area contributed by atoms with Crippen LogP contribution >= 0.6 is 0 Å². The van der Waals surface area contributed by atoms with Crippen molar-refractivity contribution in [1.29, 1.82) is 0 Å². The molecular weight excluding hydrogens is 316 g/mol. The molecule has 0 saturated heterocycles. The minimum atomic E-state index is -0.239. The first-order valence-electron chi connectivity index (χ1n) is 8.82. The van der Waals surface area contributed by atoms with E-state index in [-0.39, 0.29) is 18.0 Å². The highest BCUT2D eigenvalue weighted by Crippen LogP contribution is 2.07. The van der Waals surface area contributed by atoms with Crippen LogP contribution in [-0.2, 0) is 22.7 Å². The molecule has 0 spiro atoms. The number of amides is 1. The maximum absolute atomic E-state index is 11.9. The summed E-state index contributed by atoms with van der Waals surface area (Å²) in [5.41, 5.74) is 2.02. The highest BCUT2D eigenvalue weighted by Gasteiger charge is 2.13. The minimum absolute atomic E-state index is 0.0571. The Morgan fingerprint density at radius 1 is 1.08 bits per heavy atom. The number of nitrogens with one attached hydrogen (secondary N) is 3. The lowest BCUT2D eigenvalue weighted by atomic mass is 10.1. The predicted molar refractivity (Wildman–Crippen MR) is 102 cm³/mol. The maximum atomic E-state index is 11.9. The summed E-state index contributed by atoms with van der Waals surface area (Å²) >= 11 is 0. The maximum Gasteiger partial charge on any atom is 0.239 e. The SMILES string of the molecule is CCNC(=NCc1ccc(COCC)cc1)NCC(=O)NC(C)(C)C. The molecule has 1 aromatic carbocycles. The largest absolute Gasteiger partial charge is 0.377 e. The molecule has 1 aromatic rings. The molecule has 3 N–H and O–H groups in total. The van der Waals surface area contributed by atoms with E-state index in [1.807, 2.05) is 46.8 Å². The van der Waals surface area contributed by atoms with E-state index in [0.29, 0.717) is 25.7 Å². The second kappa shape index (κ2) is 10.7. The van der Waals surface area contributed by atoms with Crippen molar-refractivity contribution in [3.63, 3.8) is 0 Å². The number of benzene rings is 1. The molecule has 25 heavy (non-hydrogen) atoms. The van der Waals surface area contributed by atoms with Gasteiger partial charge in [-0.2, -0.15) is 0 Å². The van der Waals surface area contributed by atoms with Crippen LogP contribution in [0.2, 0.25) is 0 Å². The molecule has 140 valence electrons. The van der Waals surface area contributed by atoms with Gasteiger partial charge in [-0.3, -0.25) is 4.79 Å². The number of hydrogen-bond acceptors (Lipinski definition) is 3. The van der Waals surface area contributed by atoms with Gasteiger partial charge in [0.05, 0.1) is 19.7 Å². The zero-order chi connectivity index (χ0) is 18.7. The fourth-order valence-electron chi connectivity index (χ4n) is 2.10. The van der Waals surface area contributed by atoms with Crippen molar-refractivity contribution in [2.24, 2.45) is 4.99 Å². The van der Waals surface area contributed by atoms with Gasteiger partial charge in [0.15, 0.2) is 5.96 Å². The van der Waals surface area contributed by atoms with Gasteiger partial charge < -0.3 is 20.7 Å². The van der Waals surface area contributed by atoms with Crippen LogP contribution in [0.15, 0.2) is 29.3 Å². The van der Waals surface area contributed by atoms with Gasteiger partial charge in [0.2, 0.25) is 5.91 Å². The summed E-state index contributed by atoms with van der Waals surface area (Å²) < 4.78 is 5.39. The topological polar surface area (TPSA) is 74.8 Å². The Labute approximate surface area is 151 Å². The van der Waals surface area contributed by atoms with Gasteiger partial charge in [-0.05, 0) is 45.7 Å². The number of guanidine groups is 1. The lowest BCUT2D eigenvalue weighted by Gasteiger charge is -2.21. The van der Waals surface area contributed by atoms with E-state index in [1.165, 1.54) is 0 Å². The lowest BCUT2D eigenvalue weighted by molar-refractivity contribution is -0.121. The lowest BCUT2D eigenvalue weighted by Crippen LogP contribution is -2.48. The second-order valence-electron chi connectivity index (χ2n) is 6.80. The van der Waals surface area contributed by atoms with Crippen LogP contribution in [0.25, 0.3) is 0 Å². The van der Waals surface area contributed by atoms with Crippen LogP contribution in [0.4, 0.5) is 0 Å². The molecule has 1 rings (SSSR count). The quantitative estimate of drug-likeness (QED) is 0.497. The summed E-state index contributed by atoms with van der Waals surface area (Å²) in [4.78, 5) is 16.4. The standard InChI is InChI=1S/C19H32N4O2/c1-6-20-18(22-13-17(24)23-19(3,4)5)21-12-15-8-10-16(11-9-15)14-25-7-2/h8-11H,6-7,12-14H2,1-5H3,(H,23,24)(H2,20,21,22). The first-order chi connectivity index (χ1) is 11.8. The van der Waals surface area contributed by atoms with E-state index in [2.05, 4.69) is 33.1 Å². The van der Waals surface area contributed by atoms with Crippen molar-refractivity contribution in [1.82, 2.24) is 16.0 Å². The Hall–Kier alpha value is -2.08. The van der Waals surface area contributed by atoms with Crippen molar-refractivity contribution in [2.45, 2.75) is 53.3 Å². The van der Waals surface area contributed by atoms with E-state index in [9.17, 15) is 4.79 Å². The van der Waals surface area contributed by atoms with Crippen LogP contribution in [-0.4, -0.2) is 37.1 Å². The first-order valence-corrected chi connectivity index (χ1v) is 8.82. The van der Waals surface area contributed by atoms with Gasteiger partial charge in [0.25, 0.3) is 0 Å². The molecule has 0 fully saturated rings. The molecule has 0 aliphatic rings. The molecule has 0 aliphatic heterocycles. The molecule has 0 unspecified atom stereocenters. The normalized spacial score (nSPS) is 12.0. The van der Waals surface area contributed by atoms with Gasteiger partial charge in [0.1, 0.15) is 0 Å². The molecule has 0 aliphatic carbocycles. The Kier molecular flexibility index (Phi) is 8.99. The number of ether oxygens (including phenoxy) is 1. The van der Waals surface area contributed by atoms with Crippen molar-refractivity contribution in [3.05, 3.63) is 35.4 Å². The highest BCUT2D eigenvalue weighted by atomic mass is 16.5. The number of carbonyl (C=O) groups excluding carboxylic acids is 1. The number of nitrogens with zero attached hydrogens (tertiary/aromatic N) is 1. The smallest absolute Gasteiger partial charge is 0.239 e. The van der Waals surface area contributed by atoms with Crippen LogP contribution in [0.5, 0.6) is 0 Å². The second-order valence-corrected chi connectivity index (χ2v) is 6.80. The van der Waals surface area contributed by atoms with Crippen molar-refractivity contribution < 1.29 is 9.53 Å². The third kappa shape index (κ3) is 9.72. The molecule has 6 heteroatoms. The van der Waals surface area contributed by atoms with Gasteiger partial charge in [-0.25, -0.2) is 4.99 Å². The first kappa shape index (κ1) is 21.0. The Bertz CT molecular complexity index is 548. The summed E-state index contributed by atoms with van der Waals surface area (Å²) in [5.74, 6) is 0.573. The molecular formula is C19H32N4O2. The summed E-state index contributed by atoms with van der Waals surface area (Å²) in [6, 6.07) is 8.21. The van der Waals surface area contributed by atoms with Gasteiger partial charge in [-0.15, -0.1) is 0 Å². The predicted octanol–water partition coefficient (Wildman–Crippen LogP) is 2.19. The van der Waals surface area contributed by atoms with Gasteiger partial charge in [-0.1, -0.05) is 24.3 Å². The molecule has 1 amide bonds. The van der Waals surface area contributed by atoms with E-state index < -0.39 is 0 Å². The van der Waals surface area contributed by atoms with E-state index in [4.69, 9.17) is 4.74 Å². The Balaban J connectivity index is 2.55. The summed E-state index contributed by atoms with van der Waals surface area (Å²) in [6.45, 7) is 12.7.